The van der Waals surface area contributed by atoms with Crippen molar-refractivity contribution in [3.05, 3.63) is 155 Å². The molecule has 17 heteroatoms. The van der Waals surface area contributed by atoms with Crippen LogP contribution in [-0.2, 0) is 18.0 Å². The number of nitrogens with zero attached hydrogens (tertiary/aromatic N) is 7. The fraction of sp³-hybridized carbons (Fsp3) is 0.333. The molecular weight excluding hydrogens is 911 g/mol. The summed E-state index contributed by atoms with van der Waals surface area (Å²) in [6, 6.07) is 30.5. The van der Waals surface area contributed by atoms with Crippen LogP contribution in [0.25, 0.3) is 22.0 Å². The molecule has 2 aliphatic heterocycles. The number of fused-ring (bicyclic) bond motifs is 1. The number of hydrogen-bond donors (Lipinski definition) is 1. The largest absolute Gasteiger partial charge is 0.490 e. The van der Waals surface area contributed by atoms with Gasteiger partial charge in [-0.05, 0) is 68.1 Å². The van der Waals surface area contributed by atoms with Crippen LogP contribution in [0.5, 0.6) is 17.5 Å². The molecule has 10 rings (SSSR count). The van der Waals surface area contributed by atoms with Gasteiger partial charge in [0.15, 0.2) is 11.6 Å². The third kappa shape index (κ3) is 10.8. The molecule has 0 radical (unpaired) electrons. The van der Waals surface area contributed by atoms with Crippen molar-refractivity contribution in [2.75, 3.05) is 36.4 Å². The first kappa shape index (κ1) is 46.9. The van der Waals surface area contributed by atoms with Crippen LogP contribution in [0.2, 0.25) is 0 Å². The van der Waals surface area contributed by atoms with Gasteiger partial charge >= 0.3 is 6.09 Å². The first-order chi connectivity index (χ1) is 34.5. The Balaban J connectivity index is 0.736. The van der Waals surface area contributed by atoms with Crippen LogP contribution in [0.4, 0.5) is 25.1 Å². The van der Waals surface area contributed by atoms with Gasteiger partial charge in [-0.3, -0.25) is 14.3 Å². The number of pyridine rings is 3. The number of alkyl halides is 1. The second-order valence-electron chi connectivity index (χ2n) is 18.5. The number of carbonyl (C=O) groups excluding carboxylic acids is 2. The summed E-state index contributed by atoms with van der Waals surface area (Å²) in [7, 11) is 0. The summed E-state index contributed by atoms with van der Waals surface area (Å²) in [6.07, 6.45) is 5.57. The Morgan fingerprint density at radius 3 is 2.23 bits per heavy atom. The number of ether oxygens (including phenoxy) is 4. The summed E-state index contributed by atoms with van der Waals surface area (Å²) >= 11 is 0. The number of hydrogen-bond acceptors (Lipinski definition) is 11. The van der Waals surface area contributed by atoms with Crippen LogP contribution in [-0.4, -0.2) is 85.8 Å². The maximum Gasteiger partial charge on any atom is 0.410 e. The van der Waals surface area contributed by atoms with Crippen molar-refractivity contribution in [3.8, 4) is 28.6 Å². The van der Waals surface area contributed by atoms with Gasteiger partial charge in [0.1, 0.15) is 36.9 Å². The van der Waals surface area contributed by atoms with Gasteiger partial charge in [0.25, 0.3) is 11.5 Å². The fourth-order valence-corrected chi connectivity index (χ4v) is 9.10. The van der Waals surface area contributed by atoms with Gasteiger partial charge in [0, 0.05) is 92.7 Å². The number of likely N-dealkylation sites (tertiary alicyclic amines) is 1. The van der Waals surface area contributed by atoms with Gasteiger partial charge in [-0.25, -0.2) is 18.6 Å². The molecule has 1 aliphatic carbocycles. The van der Waals surface area contributed by atoms with E-state index in [0.717, 1.165) is 11.1 Å². The number of rotatable bonds is 15. The lowest BCUT2D eigenvalue weighted by Crippen LogP contribution is -2.43. The first-order valence-corrected chi connectivity index (χ1v) is 24.1. The van der Waals surface area contributed by atoms with Crippen molar-refractivity contribution in [3.63, 3.8) is 0 Å². The fourth-order valence-electron chi connectivity index (χ4n) is 9.10. The van der Waals surface area contributed by atoms with Crippen LogP contribution in [0.1, 0.15) is 79.5 Å². The van der Waals surface area contributed by atoms with E-state index in [2.05, 4.69) is 15.3 Å². The predicted molar refractivity (Wildman–Crippen MR) is 263 cm³/mol. The van der Waals surface area contributed by atoms with Gasteiger partial charge in [-0.1, -0.05) is 60.7 Å². The minimum Gasteiger partial charge on any atom is -0.490 e. The number of aromatic nitrogens is 5. The maximum atomic E-state index is 16.0. The number of piperidine rings is 2. The van der Waals surface area contributed by atoms with Gasteiger partial charge in [0.05, 0.1) is 29.3 Å². The summed E-state index contributed by atoms with van der Waals surface area (Å²) < 4.78 is 57.2. The lowest BCUT2D eigenvalue weighted by molar-refractivity contribution is 0.0432. The zero-order chi connectivity index (χ0) is 49.0. The number of halogens is 2. The molecule has 3 aliphatic rings. The van der Waals surface area contributed by atoms with E-state index in [1.807, 2.05) is 90.3 Å². The summed E-state index contributed by atoms with van der Waals surface area (Å²) in [5.74, 6) is 0.204. The van der Waals surface area contributed by atoms with E-state index in [4.69, 9.17) is 24.0 Å². The molecule has 4 aromatic heterocycles. The minimum atomic E-state index is -1.08. The predicted octanol–water partition coefficient (Wildman–Crippen LogP) is 9.72. The molecule has 71 heavy (non-hydrogen) atoms. The second kappa shape index (κ2) is 20.6. The molecule has 1 saturated carbocycles. The SMILES string of the molecule is CC(C)Oc1cc2nn(C3CCN(C(=O)OC4CCN(c5ncc(-c6ccc(OCc7ccccc7)nc6OCc6ccccc6)cc5F)CC4)CC3)cc2cc1C(=O)Nc1cccn([C@H]2C[C@H]2F)c1=O. The third-order valence-corrected chi connectivity index (χ3v) is 13.0. The molecule has 0 spiro atoms. The maximum absolute atomic E-state index is 16.0. The molecule has 0 bridgehead atoms. The van der Waals surface area contributed by atoms with E-state index in [1.165, 1.54) is 22.9 Å². The average molecular weight is 965 g/mol. The van der Waals surface area contributed by atoms with Crippen molar-refractivity contribution < 1.29 is 37.3 Å². The van der Waals surface area contributed by atoms with Crippen LogP contribution in [0.15, 0.2) is 127 Å². The van der Waals surface area contributed by atoms with E-state index in [1.54, 1.807) is 41.4 Å². The summed E-state index contributed by atoms with van der Waals surface area (Å²) in [5.41, 5.74) is 3.49. The quantitative estimate of drug-likeness (QED) is 0.104. The van der Waals surface area contributed by atoms with Crippen LogP contribution < -0.4 is 30.0 Å². The number of nitrogens with one attached hydrogen (secondary N) is 1. The molecule has 2 saturated heterocycles. The standard InChI is InChI=1S/C54H54F2N8O7/c1-34(2)70-48-29-46-38(26-42(48)51(65)58-45-14-9-21-63(53(45)66)47-28-43(47)55)31-64(60-46)39-17-22-62(23-18-39)54(67)71-40-19-24-61(25-20-40)50-44(56)27-37(30-57-50)41-15-16-49(68-32-35-10-5-3-6-11-35)59-52(41)69-33-36-12-7-4-8-13-36/h3-16,21,26-27,29-31,34,39-40,43,47H,17-20,22-25,28,32-33H2,1-2H3,(H,58,65)/t43-,47+/m1/s1. The molecule has 6 heterocycles. The third-order valence-electron chi connectivity index (χ3n) is 13.0. The lowest BCUT2D eigenvalue weighted by Gasteiger charge is -2.35. The molecule has 7 aromatic rings. The summed E-state index contributed by atoms with van der Waals surface area (Å²) in [6.45, 7) is 6.14. The second-order valence-corrected chi connectivity index (χ2v) is 18.5. The normalized spacial score (nSPS) is 17.3. The Morgan fingerprint density at radius 1 is 0.845 bits per heavy atom. The zero-order valence-electron chi connectivity index (χ0n) is 39.5. The lowest BCUT2D eigenvalue weighted by atomic mass is 10.1. The van der Waals surface area contributed by atoms with Crippen molar-refractivity contribution in [1.82, 2.24) is 29.2 Å². The van der Waals surface area contributed by atoms with Crippen molar-refractivity contribution in [1.29, 1.82) is 0 Å². The zero-order valence-corrected chi connectivity index (χ0v) is 39.5. The van der Waals surface area contributed by atoms with E-state index >= 15 is 4.39 Å². The minimum absolute atomic E-state index is 0.0114. The Labute approximate surface area is 408 Å². The Bertz CT molecular complexity index is 3080. The van der Waals surface area contributed by atoms with Crippen LogP contribution >= 0.6 is 0 Å². The monoisotopic (exact) mass is 964 g/mol. The smallest absolute Gasteiger partial charge is 0.410 e. The number of benzene rings is 3. The molecule has 2 amide bonds. The van der Waals surface area contributed by atoms with Gasteiger partial charge in [-0.2, -0.15) is 10.1 Å². The molecule has 3 aromatic carbocycles. The van der Waals surface area contributed by atoms with Crippen molar-refractivity contribution in [2.24, 2.45) is 0 Å². The van der Waals surface area contributed by atoms with Gasteiger partial charge < -0.3 is 38.6 Å². The van der Waals surface area contributed by atoms with Crippen LogP contribution in [0, 0.1) is 5.82 Å². The van der Waals surface area contributed by atoms with E-state index in [-0.39, 0.29) is 54.4 Å². The molecule has 1 N–H and O–H groups in total. The molecule has 15 nitrogen and oxygen atoms in total. The molecular formula is C54H54F2N8O7. The van der Waals surface area contributed by atoms with Gasteiger partial charge in [-0.15, -0.1) is 0 Å². The summed E-state index contributed by atoms with van der Waals surface area (Å²) in [4.78, 5) is 53.0. The highest BCUT2D eigenvalue weighted by molar-refractivity contribution is 6.08. The summed E-state index contributed by atoms with van der Waals surface area (Å²) in [5, 5.41) is 8.26. The Hall–Kier alpha value is -7.82. The molecule has 366 valence electrons. The van der Waals surface area contributed by atoms with E-state index in [0.29, 0.717) is 98.0 Å². The van der Waals surface area contributed by atoms with Crippen LogP contribution in [0.3, 0.4) is 0 Å². The highest BCUT2D eigenvalue weighted by Gasteiger charge is 2.40. The average Bonchev–Trinajstić information content (AvgIpc) is 3.96. The highest BCUT2D eigenvalue weighted by Crippen LogP contribution is 2.38. The Kier molecular flexibility index (Phi) is 13.6. The Morgan fingerprint density at radius 2 is 1.55 bits per heavy atom. The molecule has 3 fully saturated rings. The van der Waals surface area contributed by atoms with Crippen molar-refractivity contribution >= 4 is 34.4 Å². The van der Waals surface area contributed by atoms with Crippen molar-refractivity contribution in [2.45, 2.75) is 89.6 Å². The number of amides is 2. The van der Waals surface area contributed by atoms with E-state index in [9.17, 15) is 18.8 Å². The molecule has 2 atom stereocenters. The molecule has 0 unspecified atom stereocenters. The van der Waals surface area contributed by atoms with Gasteiger partial charge in [0.2, 0.25) is 11.8 Å². The van der Waals surface area contributed by atoms with E-state index < -0.39 is 29.5 Å². The topological polar surface area (TPSA) is 155 Å². The number of anilines is 2. The highest BCUT2D eigenvalue weighted by atomic mass is 19.1. The first-order valence-electron chi connectivity index (χ1n) is 24.1. The number of carbonyl (C=O) groups is 2.